The third-order valence-corrected chi connectivity index (χ3v) is 4.65. The predicted octanol–water partition coefficient (Wildman–Crippen LogP) is 2.30. The number of aryl methyl sites for hydroxylation is 1. The molecular formula is C16H18ClFN4O2. The molecule has 2 aromatic rings. The van der Waals surface area contributed by atoms with Crippen molar-refractivity contribution in [2.75, 3.05) is 13.1 Å². The van der Waals surface area contributed by atoms with Gasteiger partial charge in [0.25, 0.3) is 0 Å². The van der Waals surface area contributed by atoms with Crippen LogP contribution in [-0.2, 0) is 18.4 Å². The quantitative estimate of drug-likeness (QED) is 0.894. The van der Waals surface area contributed by atoms with Gasteiger partial charge in [0, 0.05) is 38.8 Å². The summed E-state index contributed by atoms with van der Waals surface area (Å²) in [5.74, 6) is -1.31. The molecule has 24 heavy (non-hydrogen) atoms. The molecule has 6 nitrogen and oxygen atoms in total. The van der Waals surface area contributed by atoms with Gasteiger partial charge in [-0.1, -0.05) is 22.9 Å². The van der Waals surface area contributed by atoms with Crippen molar-refractivity contribution in [2.24, 2.45) is 13.0 Å². The van der Waals surface area contributed by atoms with Crippen LogP contribution < -0.4 is 0 Å². The fourth-order valence-electron chi connectivity index (χ4n) is 3.29. The topological polar surface area (TPSA) is 71.2 Å². The number of rotatable bonds is 5. The lowest BCUT2D eigenvalue weighted by Gasteiger charge is -2.15. The molecule has 1 aliphatic rings. The second-order valence-corrected chi connectivity index (χ2v) is 6.63. The van der Waals surface area contributed by atoms with Crippen LogP contribution in [0.4, 0.5) is 4.39 Å². The summed E-state index contributed by atoms with van der Waals surface area (Å²) in [6.07, 6.45) is 1.90. The van der Waals surface area contributed by atoms with E-state index < -0.39 is 11.8 Å². The number of likely N-dealkylation sites (tertiary alicyclic amines) is 1. The Bertz CT molecular complexity index is 751. The summed E-state index contributed by atoms with van der Waals surface area (Å²) in [7, 11) is 1.78. The van der Waals surface area contributed by atoms with Gasteiger partial charge in [0.1, 0.15) is 5.82 Å². The Kier molecular flexibility index (Phi) is 4.82. The summed E-state index contributed by atoms with van der Waals surface area (Å²) in [6.45, 7) is 1.83. The van der Waals surface area contributed by atoms with Gasteiger partial charge in [0.05, 0.1) is 17.1 Å². The molecule has 8 heteroatoms. The molecular weight excluding hydrogens is 335 g/mol. The van der Waals surface area contributed by atoms with Crippen LogP contribution in [0.15, 0.2) is 24.4 Å². The summed E-state index contributed by atoms with van der Waals surface area (Å²) in [5, 5.41) is 17.3. The lowest BCUT2D eigenvalue weighted by Crippen LogP contribution is -2.21. The van der Waals surface area contributed by atoms with Crippen LogP contribution in [0.2, 0.25) is 5.02 Å². The average molecular weight is 353 g/mol. The summed E-state index contributed by atoms with van der Waals surface area (Å²) >= 11 is 5.71. The molecule has 3 rings (SSSR count). The molecule has 2 heterocycles. The van der Waals surface area contributed by atoms with E-state index >= 15 is 0 Å². The van der Waals surface area contributed by atoms with E-state index in [9.17, 15) is 9.18 Å². The summed E-state index contributed by atoms with van der Waals surface area (Å²) in [5.41, 5.74) is 1.61. The maximum Gasteiger partial charge on any atom is 0.303 e. The van der Waals surface area contributed by atoms with Crippen LogP contribution in [0, 0.1) is 11.7 Å². The van der Waals surface area contributed by atoms with E-state index in [2.05, 4.69) is 15.2 Å². The minimum absolute atomic E-state index is 0.00643. The first-order valence-corrected chi connectivity index (χ1v) is 8.04. The number of aromatic nitrogens is 3. The van der Waals surface area contributed by atoms with Crippen LogP contribution >= 0.6 is 11.6 Å². The molecule has 1 fully saturated rings. The monoisotopic (exact) mass is 352 g/mol. The van der Waals surface area contributed by atoms with Gasteiger partial charge in [-0.15, -0.1) is 5.10 Å². The Morgan fingerprint density at radius 2 is 2.25 bits per heavy atom. The van der Waals surface area contributed by atoms with Gasteiger partial charge in [0.2, 0.25) is 0 Å². The molecule has 0 spiro atoms. The van der Waals surface area contributed by atoms with Gasteiger partial charge in [-0.2, -0.15) is 0 Å². The third kappa shape index (κ3) is 3.73. The first-order chi connectivity index (χ1) is 11.4. The molecule has 0 radical (unpaired) electrons. The van der Waals surface area contributed by atoms with Crippen LogP contribution in [0.5, 0.6) is 0 Å². The molecule has 1 aliphatic heterocycles. The molecule has 1 saturated heterocycles. The zero-order valence-electron chi connectivity index (χ0n) is 13.2. The Balaban J connectivity index is 1.75. The van der Waals surface area contributed by atoms with Gasteiger partial charge in [-0.3, -0.25) is 14.4 Å². The fourth-order valence-corrected chi connectivity index (χ4v) is 3.40. The van der Waals surface area contributed by atoms with Crippen LogP contribution in [-0.4, -0.2) is 44.1 Å². The fraction of sp³-hybridized carbons (Fsp3) is 0.438. The normalized spacial score (nSPS) is 21.3. The van der Waals surface area contributed by atoms with E-state index in [1.807, 2.05) is 6.20 Å². The standard InChI is InChI=1S/C16H18ClFN4O2/c1-21-9-15(19-20-21)12-8-22(7-11(12)5-16(23)24)6-10-2-3-13(17)14(18)4-10/h2-4,9,11-12H,5-8H2,1H3,(H,23,24)/t11-,12+/m1/s1. The number of carboxylic acids is 1. The molecule has 0 bridgehead atoms. The lowest BCUT2D eigenvalue weighted by molar-refractivity contribution is -0.138. The van der Waals surface area contributed by atoms with Crippen molar-refractivity contribution >= 4 is 17.6 Å². The molecule has 1 N–H and O–H groups in total. The molecule has 128 valence electrons. The molecule has 0 unspecified atom stereocenters. The highest BCUT2D eigenvalue weighted by Gasteiger charge is 2.36. The first-order valence-electron chi connectivity index (χ1n) is 7.66. The van der Waals surface area contributed by atoms with E-state index in [1.165, 1.54) is 12.1 Å². The third-order valence-electron chi connectivity index (χ3n) is 4.34. The molecule has 1 aromatic heterocycles. The molecule has 0 amide bonds. The highest BCUT2D eigenvalue weighted by atomic mass is 35.5. The maximum absolute atomic E-state index is 13.6. The van der Waals surface area contributed by atoms with Crippen molar-refractivity contribution in [2.45, 2.75) is 18.9 Å². The van der Waals surface area contributed by atoms with Gasteiger partial charge >= 0.3 is 5.97 Å². The summed E-state index contributed by atoms with van der Waals surface area (Å²) in [6, 6.07) is 4.74. The van der Waals surface area contributed by atoms with E-state index in [1.54, 1.807) is 17.8 Å². The minimum atomic E-state index is -0.826. The number of aliphatic carboxylic acids is 1. The number of halogens is 2. The Morgan fingerprint density at radius 3 is 2.88 bits per heavy atom. The van der Waals surface area contributed by atoms with E-state index in [-0.39, 0.29) is 23.3 Å². The van der Waals surface area contributed by atoms with Crippen LogP contribution in [0.25, 0.3) is 0 Å². The highest BCUT2D eigenvalue weighted by Crippen LogP contribution is 2.34. The summed E-state index contributed by atoms with van der Waals surface area (Å²) < 4.78 is 15.2. The number of nitrogens with zero attached hydrogens (tertiary/aromatic N) is 4. The molecule has 1 aromatic carbocycles. The largest absolute Gasteiger partial charge is 0.481 e. The van der Waals surface area contributed by atoms with Crippen molar-refractivity contribution in [3.05, 3.63) is 46.5 Å². The van der Waals surface area contributed by atoms with E-state index in [0.29, 0.717) is 19.6 Å². The molecule has 0 aliphatic carbocycles. The number of carboxylic acid groups (broad SMARTS) is 1. The van der Waals surface area contributed by atoms with Gasteiger partial charge in [-0.25, -0.2) is 4.39 Å². The predicted molar refractivity (Wildman–Crippen MR) is 86.2 cm³/mol. The first kappa shape index (κ1) is 16.9. The number of carbonyl (C=O) groups is 1. The van der Waals surface area contributed by atoms with Crippen molar-refractivity contribution in [1.29, 1.82) is 0 Å². The van der Waals surface area contributed by atoms with Gasteiger partial charge < -0.3 is 5.11 Å². The lowest BCUT2D eigenvalue weighted by atomic mass is 9.91. The van der Waals surface area contributed by atoms with Crippen LogP contribution in [0.1, 0.15) is 23.6 Å². The summed E-state index contributed by atoms with van der Waals surface area (Å²) in [4.78, 5) is 13.3. The maximum atomic E-state index is 13.6. The second kappa shape index (κ2) is 6.86. The van der Waals surface area contributed by atoms with E-state index in [0.717, 1.165) is 11.3 Å². The number of benzene rings is 1. The Morgan fingerprint density at radius 1 is 1.46 bits per heavy atom. The van der Waals surface area contributed by atoms with Crippen molar-refractivity contribution < 1.29 is 14.3 Å². The average Bonchev–Trinajstić information content (AvgIpc) is 3.09. The number of hydrogen-bond donors (Lipinski definition) is 1. The zero-order chi connectivity index (χ0) is 17.3. The smallest absolute Gasteiger partial charge is 0.303 e. The molecule has 0 saturated carbocycles. The highest BCUT2D eigenvalue weighted by molar-refractivity contribution is 6.30. The SMILES string of the molecule is Cn1cc([C@H]2CN(Cc3ccc(Cl)c(F)c3)C[C@H]2CC(=O)O)nn1. The van der Waals surface area contributed by atoms with E-state index in [4.69, 9.17) is 16.7 Å². The van der Waals surface area contributed by atoms with Crippen LogP contribution in [0.3, 0.4) is 0 Å². The Hall–Kier alpha value is -1.99. The zero-order valence-corrected chi connectivity index (χ0v) is 13.9. The molecule has 2 atom stereocenters. The van der Waals surface area contributed by atoms with Gasteiger partial charge in [-0.05, 0) is 23.6 Å². The van der Waals surface area contributed by atoms with Crippen molar-refractivity contribution in [3.63, 3.8) is 0 Å². The van der Waals surface area contributed by atoms with Gasteiger partial charge in [0.15, 0.2) is 0 Å². The Labute approximate surface area is 143 Å². The van der Waals surface area contributed by atoms with Crippen molar-refractivity contribution in [3.8, 4) is 0 Å². The minimum Gasteiger partial charge on any atom is -0.481 e. The number of hydrogen-bond acceptors (Lipinski definition) is 4. The second-order valence-electron chi connectivity index (χ2n) is 6.22. The van der Waals surface area contributed by atoms with Crippen molar-refractivity contribution in [1.82, 2.24) is 19.9 Å².